The Morgan fingerprint density at radius 2 is 1.77 bits per heavy atom. The van der Waals surface area contributed by atoms with Gasteiger partial charge in [-0.2, -0.15) is 5.26 Å². The molecule has 2 aromatic rings. The number of carbonyl (C=O) groups is 4. The summed E-state index contributed by atoms with van der Waals surface area (Å²) in [6, 6.07) is 12.4. The number of nitrogens with one attached hydrogen (secondary N) is 1. The van der Waals surface area contributed by atoms with Crippen LogP contribution < -0.4 is 5.32 Å². The molecule has 3 amide bonds. The Labute approximate surface area is 179 Å². The average Bonchev–Trinajstić information content (AvgIpc) is 3.01. The Kier molecular flexibility index (Phi) is 6.46. The van der Waals surface area contributed by atoms with Gasteiger partial charge in [0, 0.05) is 12.2 Å². The normalized spacial score (nSPS) is 13.4. The maximum Gasteiger partial charge on any atom is 0.338 e. The van der Waals surface area contributed by atoms with Crippen LogP contribution in [0.4, 0.5) is 5.69 Å². The smallest absolute Gasteiger partial charge is 0.338 e. The average molecular weight is 419 g/mol. The number of anilines is 1. The number of amides is 3. The minimum atomic E-state index is -1.10. The van der Waals surface area contributed by atoms with Gasteiger partial charge in [0.05, 0.1) is 28.3 Å². The summed E-state index contributed by atoms with van der Waals surface area (Å²) in [5.41, 5.74) is 1.40. The number of esters is 1. The lowest BCUT2D eigenvalue weighted by Crippen LogP contribution is -2.30. The molecule has 8 heteroatoms. The van der Waals surface area contributed by atoms with E-state index >= 15 is 0 Å². The molecule has 0 fully saturated rings. The molecule has 0 saturated carbocycles. The zero-order chi connectivity index (χ0) is 22.5. The number of imide groups is 1. The van der Waals surface area contributed by atoms with E-state index < -0.39 is 23.9 Å². The number of nitrogens with zero attached hydrogens (tertiary/aromatic N) is 2. The molecule has 158 valence electrons. The molecule has 0 spiro atoms. The van der Waals surface area contributed by atoms with Gasteiger partial charge in [0.1, 0.15) is 0 Å². The zero-order valence-corrected chi connectivity index (χ0v) is 17.2. The van der Waals surface area contributed by atoms with Gasteiger partial charge < -0.3 is 10.1 Å². The highest BCUT2D eigenvalue weighted by Gasteiger charge is 2.35. The Bertz CT molecular complexity index is 1090. The molecule has 3 rings (SSSR count). The summed E-state index contributed by atoms with van der Waals surface area (Å²) in [5, 5.41) is 11.4. The summed E-state index contributed by atoms with van der Waals surface area (Å²) >= 11 is 0. The second-order valence-electron chi connectivity index (χ2n) is 7.10. The van der Waals surface area contributed by atoms with Crippen molar-refractivity contribution in [2.45, 2.75) is 32.8 Å². The first kappa shape index (κ1) is 21.7. The fourth-order valence-corrected chi connectivity index (χ4v) is 3.09. The van der Waals surface area contributed by atoms with Crippen molar-refractivity contribution in [2.75, 3.05) is 11.9 Å². The van der Waals surface area contributed by atoms with Gasteiger partial charge in [-0.25, -0.2) is 4.79 Å². The van der Waals surface area contributed by atoms with E-state index in [1.54, 1.807) is 24.3 Å². The summed E-state index contributed by atoms with van der Waals surface area (Å²) in [4.78, 5) is 50.9. The lowest BCUT2D eigenvalue weighted by molar-refractivity contribution is -0.123. The molecule has 0 aliphatic carbocycles. The Balaban J connectivity index is 1.66. The first-order chi connectivity index (χ1) is 14.8. The van der Waals surface area contributed by atoms with Crippen LogP contribution in [-0.2, 0) is 9.53 Å². The number of nitriles is 1. The second-order valence-corrected chi connectivity index (χ2v) is 7.10. The van der Waals surface area contributed by atoms with Gasteiger partial charge in [0.25, 0.3) is 17.7 Å². The van der Waals surface area contributed by atoms with E-state index in [0.29, 0.717) is 24.2 Å². The fraction of sp³-hybridized carbons (Fsp3) is 0.261. The van der Waals surface area contributed by atoms with E-state index in [9.17, 15) is 19.2 Å². The molecule has 0 radical (unpaired) electrons. The van der Waals surface area contributed by atoms with E-state index in [4.69, 9.17) is 10.00 Å². The van der Waals surface area contributed by atoms with Crippen LogP contribution in [0.25, 0.3) is 0 Å². The van der Waals surface area contributed by atoms with Gasteiger partial charge in [-0.05, 0) is 55.8 Å². The zero-order valence-electron chi connectivity index (χ0n) is 17.2. The number of unbranched alkanes of at least 4 members (excludes halogenated alkanes) is 1. The van der Waals surface area contributed by atoms with Crippen LogP contribution in [0.1, 0.15) is 63.3 Å². The molecule has 1 N–H and O–H groups in total. The Morgan fingerprint density at radius 1 is 1.10 bits per heavy atom. The molecule has 0 saturated heterocycles. The van der Waals surface area contributed by atoms with Gasteiger partial charge in [-0.3, -0.25) is 19.3 Å². The number of carbonyl (C=O) groups excluding carboxylic acids is 4. The van der Waals surface area contributed by atoms with Gasteiger partial charge in [-0.1, -0.05) is 13.3 Å². The van der Waals surface area contributed by atoms with E-state index in [1.165, 1.54) is 30.0 Å². The molecule has 1 aliphatic rings. The molecule has 1 atom stereocenters. The lowest BCUT2D eigenvalue weighted by atomic mass is 10.1. The monoisotopic (exact) mass is 419 g/mol. The van der Waals surface area contributed by atoms with Crippen molar-refractivity contribution in [3.63, 3.8) is 0 Å². The Hall–Kier alpha value is -3.99. The number of hydrogen-bond donors (Lipinski definition) is 1. The predicted octanol–water partition coefficient (Wildman–Crippen LogP) is 3.14. The first-order valence-electron chi connectivity index (χ1n) is 9.88. The van der Waals surface area contributed by atoms with E-state index in [0.717, 1.165) is 6.42 Å². The topological polar surface area (TPSA) is 117 Å². The van der Waals surface area contributed by atoms with Crippen molar-refractivity contribution >= 4 is 29.4 Å². The molecule has 1 heterocycles. The van der Waals surface area contributed by atoms with E-state index in [-0.39, 0.29) is 22.6 Å². The van der Waals surface area contributed by atoms with Crippen LogP contribution in [0.15, 0.2) is 42.5 Å². The molecule has 0 aromatic heterocycles. The summed E-state index contributed by atoms with van der Waals surface area (Å²) < 4.78 is 5.22. The highest BCUT2D eigenvalue weighted by atomic mass is 16.5. The maximum atomic E-state index is 12.5. The summed E-state index contributed by atoms with van der Waals surface area (Å²) in [6.45, 7) is 3.71. The quantitative estimate of drug-likeness (QED) is 0.544. The van der Waals surface area contributed by atoms with Crippen LogP contribution in [-0.4, -0.2) is 41.2 Å². The SMILES string of the molecule is CCCCN1C(=O)c2ccc(C(=O)O[C@H](C)C(=O)Nc3ccc(C#N)cc3)cc2C1=O. The molecule has 1 aliphatic heterocycles. The fourth-order valence-electron chi connectivity index (χ4n) is 3.09. The third-order valence-corrected chi connectivity index (χ3v) is 4.88. The molecular formula is C23H21N3O5. The number of hydrogen-bond acceptors (Lipinski definition) is 6. The molecule has 2 aromatic carbocycles. The summed E-state index contributed by atoms with van der Waals surface area (Å²) in [5.74, 6) is -2.13. The summed E-state index contributed by atoms with van der Waals surface area (Å²) in [6.07, 6.45) is 0.439. The minimum absolute atomic E-state index is 0.0789. The van der Waals surface area contributed by atoms with E-state index in [2.05, 4.69) is 5.32 Å². The number of rotatable bonds is 7. The van der Waals surface area contributed by atoms with Crippen molar-refractivity contribution in [1.82, 2.24) is 4.90 Å². The second kappa shape index (κ2) is 9.22. The van der Waals surface area contributed by atoms with Crippen molar-refractivity contribution < 1.29 is 23.9 Å². The van der Waals surface area contributed by atoms with Gasteiger partial charge >= 0.3 is 5.97 Å². The third-order valence-electron chi connectivity index (χ3n) is 4.88. The molecule has 0 bridgehead atoms. The standard InChI is InChI=1S/C23H21N3O5/c1-3-4-11-26-21(28)18-10-7-16(12-19(18)22(26)29)23(30)31-14(2)20(27)25-17-8-5-15(13-24)6-9-17/h5-10,12,14H,3-4,11H2,1-2H3,(H,25,27)/t14-/m1/s1. The van der Waals surface area contributed by atoms with Crippen LogP contribution in [0.5, 0.6) is 0 Å². The predicted molar refractivity (Wildman–Crippen MR) is 111 cm³/mol. The maximum absolute atomic E-state index is 12.5. The minimum Gasteiger partial charge on any atom is -0.449 e. The van der Waals surface area contributed by atoms with Crippen molar-refractivity contribution in [3.05, 3.63) is 64.7 Å². The highest BCUT2D eigenvalue weighted by molar-refractivity contribution is 6.22. The molecule has 0 unspecified atom stereocenters. The number of fused-ring (bicyclic) bond motifs is 1. The van der Waals surface area contributed by atoms with Crippen molar-refractivity contribution in [1.29, 1.82) is 5.26 Å². The largest absolute Gasteiger partial charge is 0.449 e. The lowest BCUT2D eigenvalue weighted by Gasteiger charge is -2.14. The molecule has 8 nitrogen and oxygen atoms in total. The van der Waals surface area contributed by atoms with Gasteiger partial charge in [0.2, 0.25) is 0 Å². The van der Waals surface area contributed by atoms with Crippen LogP contribution >= 0.6 is 0 Å². The van der Waals surface area contributed by atoms with Crippen molar-refractivity contribution in [2.24, 2.45) is 0 Å². The van der Waals surface area contributed by atoms with Crippen LogP contribution in [0.2, 0.25) is 0 Å². The molecular weight excluding hydrogens is 398 g/mol. The summed E-state index contributed by atoms with van der Waals surface area (Å²) in [7, 11) is 0. The number of ether oxygens (including phenoxy) is 1. The van der Waals surface area contributed by atoms with Crippen LogP contribution in [0.3, 0.4) is 0 Å². The highest BCUT2D eigenvalue weighted by Crippen LogP contribution is 2.25. The van der Waals surface area contributed by atoms with Gasteiger partial charge in [-0.15, -0.1) is 0 Å². The van der Waals surface area contributed by atoms with Crippen LogP contribution in [0, 0.1) is 11.3 Å². The van der Waals surface area contributed by atoms with Gasteiger partial charge in [0.15, 0.2) is 6.10 Å². The first-order valence-corrected chi connectivity index (χ1v) is 9.88. The number of benzene rings is 2. The third kappa shape index (κ3) is 4.61. The Morgan fingerprint density at radius 3 is 2.42 bits per heavy atom. The molecule has 31 heavy (non-hydrogen) atoms. The van der Waals surface area contributed by atoms with E-state index in [1.807, 2.05) is 13.0 Å². The van der Waals surface area contributed by atoms with Crippen molar-refractivity contribution in [3.8, 4) is 6.07 Å².